The molecule has 0 unspecified atom stereocenters. The van der Waals surface area contributed by atoms with Gasteiger partial charge in [-0.1, -0.05) is 0 Å². The maximum absolute atomic E-state index is 5.59. The first kappa shape index (κ1) is 6.96. The molecule has 0 aromatic carbocycles. The number of nitrogens with two attached hydrogens (primary N) is 2. The van der Waals surface area contributed by atoms with Crippen LogP contribution in [0.3, 0.4) is 0 Å². The van der Waals surface area contributed by atoms with E-state index in [9.17, 15) is 0 Å². The third-order valence-corrected chi connectivity index (χ3v) is 6.70. The Kier molecular flexibility index (Phi) is 2.68. The molecule has 0 heterocycles. The van der Waals surface area contributed by atoms with Crippen molar-refractivity contribution >= 4 is 24.6 Å². The Labute approximate surface area is 46.0 Å². The van der Waals surface area contributed by atoms with Crippen LogP contribution in [0.4, 0.5) is 0 Å². The van der Waals surface area contributed by atoms with E-state index in [0.29, 0.717) is 0 Å². The van der Waals surface area contributed by atoms with Gasteiger partial charge < -0.3 is 0 Å². The fourth-order valence-electron chi connectivity index (χ4n) is 0. The van der Waals surface area contributed by atoms with Crippen LogP contribution in [0.25, 0.3) is 0 Å². The Morgan fingerprint density at radius 1 is 1.50 bits per heavy atom. The summed E-state index contributed by atoms with van der Waals surface area (Å²) in [6.45, 7) is 0. The first-order chi connectivity index (χ1) is 2.56. The zero-order valence-corrected chi connectivity index (χ0v) is 7.40. The Morgan fingerprint density at radius 2 is 1.67 bits per heavy atom. The fraction of sp³-hybridized carbons (Fsp3) is 1.00. The van der Waals surface area contributed by atoms with Gasteiger partial charge in [0.1, 0.15) is 0 Å². The molecule has 6 heavy (non-hydrogen) atoms. The van der Waals surface area contributed by atoms with E-state index < -0.39 is 11.2 Å². The second-order valence-electron chi connectivity index (χ2n) is 1.41. The van der Waals surface area contributed by atoms with Gasteiger partial charge in [0.15, 0.2) is 0 Å². The van der Waals surface area contributed by atoms with E-state index in [1.807, 2.05) is 0 Å². The van der Waals surface area contributed by atoms with Crippen LogP contribution in [0.1, 0.15) is 0 Å². The molecule has 4 N–H and O–H groups in total. The Balaban J connectivity index is 3.17. The van der Waals surface area contributed by atoms with Crippen LogP contribution in [0.15, 0.2) is 0 Å². The van der Waals surface area contributed by atoms with Gasteiger partial charge in [0.25, 0.3) is 0 Å². The average molecular weight is 220 g/mol. The molecule has 0 aromatic rings. The van der Waals surface area contributed by atoms with E-state index >= 15 is 0 Å². The van der Waals surface area contributed by atoms with Gasteiger partial charge in [0.2, 0.25) is 0 Å². The second kappa shape index (κ2) is 2.31. The predicted octanol–water partition coefficient (Wildman–Crippen LogP) is -0.775. The van der Waals surface area contributed by atoms with Gasteiger partial charge in [-0.2, -0.15) is 0 Å². The van der Waals surface area contributed by atoms with Crippen molar-refractivity contribution in [2.24, 2.45) is 9.50 Å². The monoisotopic (exact) mass is 222 g/mol. The van der Waals surface area contributed by atoms with E-state index in [1.54, 1.807) is 0 Å². The Hall–Kier alpha value is 0.959. The van der Waals surface area contributed by atoms with Crippen molar-refractivity contribution < 1.29 is 0 Å². The molecule has 0 atom stereocenters. The zero-order valence-electron chi connectivity index (χ0n) is 3.97. The summed E-state index contributed by atoms with van der Waals surface area (Å²) < 4.78 is 10.9. The molecule has 0 radical (unpaired) electrons. The molecular formula is C2H10N2Se2. The molecule has 2 nitrogen and oxygen atoms in total. The molecule has 0 aliphatic carbocycles. The van der Waals surface area contributed by atoms with Crippen LogP contribution < -0.4 is 9.50 Å². The van der Waals surface area contributed by atoms with Crippen LogP contribution in [0, 0.1) is 0 Å². The molecule has 4 heteroatoms. The van der Waals surface area contributed by atoms with Crippen molar-refractivity contribution in [3.8, 4) is 0 Å². The van der Waals surface area contributed by atoms with Crippen molar-refractivity contribution in [1.29, 1.82) is 0 Å². The minimum absolute atomic E-state index is 0.247. The molecule has 0 amide bonds. The summed E-state index contributed by atoms with van der Waals surface area (Å²) in [5, 5.41) is 0. The van der Waals surface area contributed by atoms with Crippen molar-refractivity contribution in [1.82, 2.24) is 0 Å². The summed E-state index contributed by atoms with van der Waals surface area (Å²) in [4.78, 5) is 0. The van der Waals surface area contributed by atoms with Crippen LogP contribution in [0.2, 0.25) is 11.6 Å². The van der Waals surface area contributed by atoms with E-state index in [-0.39, 0.29) is 13.3 Å². The fourth-order valence-corrected chi connectivity index (χ4v) is 0. The molecule has 0 rings (SSSR count). The van der Waals surface area contributed by atoms with E-state index in [2.05, 4.69) is 11.6 Å². The zero-order chi connectivity index (χ0) is 5.21. The molecule has 0 saturated carbocycles. The standard InChI is InChI=1S/C2H10N2Se2/c1-6(2,4)5-3/h3-4H2,1-2H3. The van der Waals surface area contributed by atoms with Crippen LogP contribution >= 0.6 is 0 Å². The van der Waals surface area contributed by atoms with Crippen LogP contribution in [-0.2, 0) is 0 Å². The normalized spacial score (nSPS) is 14.7. The van der Waals surface area contributed by atoms with E-state index in [4.69, 9.17) is 9.50 Å². The maximum atomic E-state index is 5.59. The van der Waals surface area contributed by atoms with Gasteiger partial charge in [-0.25, -0.2) is 0 Å². The molecule has 0 aliphatic heterocycles. The summed E-state index contributed by atoms with van der Waals surface area (Å²) >= 11 is -1.19. The third kappa shape index (κ3) is 4.96. The quantitative estimate of drug-likeness (QED) is 0.570. The summed E-state index contributed by atoms with van der Waals surface area (Å²) in [6.07, 6.45) is 0. The van der Waals surface area contributed by atoms with Gasteiger partial charge in [-0.05, 0) is 0 Å². The van der Waals surface area contributed by atoms with Crippen molar-refractivity contribution in [3.05, 3.63) is 0 Å². The third-order valence-electron chi connectivity index (χ3n) is 0.248. The summed E-state index contributed by atoms with van der Waals surface area (Å²) in [5.74, 6) is 4.16. The molecule has 0 spiro atoms. The number of hydrogen-bond donors (Lipinski definition) is 2. The van der Waals surface area contributed by atoms with Crippen molar-refractivity contribution in [2.75, 3.05) is 0 Å². The topological polar surface area (TPSA) is 52.0 Å². The molecule has 0 aromatic heterocycles. The first-order valence-electron chi connectivity index (χ1n) is 1.45. The molecular weight excluding hydrogens is 210 g/mol. The second-order valence-corrected chi connectivity index (χ2v) is 18.8. The van der Waals surface area contributed by atoms with Crippen LogP contribution in [-0.4, -0.2) is 24.6 Å². The molecule has 0 fully saturated rings. The molecule has 0 aliphatic rings. The van der Waals surface area contributed by atoms with Gasteiger partial charge >= 0.3 is 45.7 Å². The van der Waals surface area contributed by atoms with Crippen molar-refractivity contribution in [2.45, 2.75) is 11.6 Å². The first-order valence-corrected chi connectivity index (χ1v) is 11.2. The summed E-state index contributed by atoms with van der Waals surface area (Å²) in [7, 11) is 0. The Morgan fingerprint density at radius 3 is 1.67 bits per heavy atom. The van der Waals surface area contributed by atoms with E-state index in [1.165, 1.54) is 0 Å². The summed E-state index contributed by atoms with van der Waals surface area (Å²) in [5.41, 5.74) is 0. The average Bonchev–Trinajstić information content (AvgIpc) is 1.35. The van der Waals surface area contributed by atoms with Gasteiger partial charge in [0, 0.05) is 0 Å². The predicted molar refractivity (Wildman–Crippen MR) is 31.6 cm³/mol. The van der Waals surface area contributed by atoms with Gasteiger partial charge in [0.05, 0.1) is 0 Å². The van der Waals surface area contributed by atoms with Crippen LogP contribution in [0.5, 0.6) is 0 Å². The van der Waals surface area contributed by atoms with Gasteiger partial charge in [-0.3, -0.25) is 0 Å². The minimum atomic E-state index is -1.44. The Bertz CT molecular complexity index is 39.3. The van der Waals surface area contributed by atoms with Gasteiger partial charge in [-0.15, -0.1) is 0 Å². The SMILES string of the molecule is C[Se](C)(N)[Se]N. The number of hydrogen-bond acceptors (Lipinski definition) is 2. The molecule has 0 saturated heterocycles. The molecule has 0 bridgehead atoms. The molecule has 40 valence electrons. The van der Waals surface area contributed by atoms with E-state index in [0.717, 1.165) is 0 Å². The number of rotatable bonds is 1. The van der Waals surface area contributed by atoms with Crippen molar-refractivity contribution in [3.63, 3.8) is 0 Å². The summed E-state index contributed by atoms with van der Waals surface area (Å²) in [6, 6.07) is 0.